The highest BCUT2D eigenvalue weighted by Crippen LogP contribution is 2.17. The number of hydrogen-bond donors (Lipinski definition) is 1. The summed E-state index contributed by atoms with van der Waals surface area (Å²) in [6.07, 6.45) is 5.94. The maximum Gasteiger partial charge on any atom is 0.243 e. The summed E-state index contributed by atoms with van der Waals surface area (Å²) in [5.41, 5.74) is 1.45. The highest BCUT2D eigenvalue weighted by Gasteiger charge is 2.15. The van der Waals surface area contributed by atoms with E-state index >= 15 is 0 Å². The third-order valence-electron chi connectivity index (χ3n) is 3.06. The smallest absolute Gasteiger partial charge is 0.243 e. The second-order valence-electron chi connectivity index (χ2n) is 4.70. The lowest BCUT2D eigenvalue weighted by Crippen LogP contribution is -2.23. The fourth-order valence-electron chi connectivity index (χ4n) is 1.90. The first-order valence-electron chi connectivity index (χ1n) is 6.52. The van der Waals surface area contributed by atoms with Crippen LogP contribution in [0.3, 0.4) is 0 Å². The average Bonchev–Trinajstić information content (AvgIpc) is 3.17. The molecule has 0 aliphatic rings. The van der Waals surface area contributed by atoms with E-state index in [1.807, 2.05) is 6.07 Å². The van der Waals surface area contributed by atoms with Crippen molar-refractivity contribution in [2.45, 2.75) is 11.4 Å². The van der Waals surface area contributed by atoms with Crippen LogP contribution < -0.4 is 4.72 Å². The number of furan rings is 1. The van der Waals surface area contributed by atoms with Gasteiger partial charge in [0.1, 0.15) is 10.6 Å². The van der Waals surface area contributed by atoms with E-state index < -0.39 is 10.0 Å². The molecule has 3 rings (SSSR count). The van der Waals surface area contributed by atoms with Gasteiger partial charge in [0.25, 0.3) is 0 Å². The molecule has 0 aliphatic carbocycles. The van der Waals surface area contributed by atoms with Crippen molar-refractivity contribution in [3.63, 3.8) is 0 Å². The van der Waals surface area contributed by atoms with E-state index in [1.165, 1.54) is 17.1 Å². The van der Waals surface area contributed by atoms with E-state index in [4.69, 9.17) is 4.42 Å². The largest absolute Gasteiger partial charge is 0.463 e. The normalized spacial score (nSPS) is 11.7. The Balaban J connectivity index is 1.69. The molecule has 3 heterocycles. The van der Waals surface area contributed by atoms with Gasteiger partial charge in [0, 0.05) is 26.0 Å². The van der Waals surface area contributed by atoms with Gasteiger partial charge >= 0.3 is 0 Å². The van der Waals surface area contributed by atoms with Gasteiger partial charge in [0.05, 0.1) is 12.5 Å². The predicted molar refractivity (Wildman–Crippen MR) is 79.2 cm³/mol. The topological polar surface area (TPSA) is 90.0 Å². The molecule has 0 fully saturated rings. The Hall–Kier alpha value is -2.45. The molecular formula is C14H14N4O3S. The fraction of sp³-hybridized carbons (Fsp3) is 0.143. The van der Waals surface area contributed by atoms with E-state index in [-0.39, 0.29) is 11.4 Å². The van der Waals surface area contributed by atoms with Gasteiger partial charge in [0.15, 0.2) is 5.76 Å². The Morgan fingerprint density at radius 1 is 1.27 bits per heavy atom. The number of nitrogens with zero attached hydrogens (tertiary/aromatic N) is 3. The first-order chi connectivity index (χ1) is 10.5. The molecule has 0 unspecified atom stereocenters. The molecule has 1 N–H and O–H groups in total. The molecule has 22 heavy (non-hydrogen) atoms. The van der Waals surface area contributed by atoms with Crippen molar-refractivity contribution in [2.24, 2.45) is 7.05 Å². The van der Waals surface area contributed by atoms with Gasteiger partial charge in [0.2, 0.25) is 10.0 Å². The van der Waals surface area contributed by atoms with Crippen LogP contribution in [0, 0.1) is 0 Å². The number of pyridine rings is 1. The maximum atomic E-state index is 12.1. The zero-order valence-electron chi connectivity index (χ0n) is 11.8. The van der Waals surface area contributed by atoms with Crippen molar-refractivity contribution in [3.8, 4) is 11.5 Å². The van der Waals surface area contributed by atoms with E-state index in [2.05, 4.69) is 14.8 Å². The van der Waals surface area contributed by atoms with Gasteiger partial charge in [-0.25, -0.2) is 13.1 Å². The second kappa shape index (κ2) is 5.74. The molecule has 114 valence electrons. The molecule has 0 aromatic carbocycles. The van der Waals surface area contributed by atoms with Crippen LogP contribution in [0.4, 0.5) is 0 Å². The summed E-state index contributed by atoms with van der Waals surface area (Å²) in [7, 11) is -1.91. The number of nitrogens with one attached hydrogen (secondary N) is 1. The molecule has 0 amide bonds. The number of aryl methyl sites for hydroxylation is 1. The Labute approximate surface area is 127 Å². The summed E-state index contributed by atoms with van der Waals surface area (Å²) in [5, 5.41) is 3.85. The monoisotopic (exact) mass is 318 g/mol. The lowest BCUT2D eigenvalue weighted by atomic mass is 10.2. The van der Waals surface area contributed by atoms with Crippen molar-refractivity contribution in [1.29, 1.82) is 0 Å². The second-order valence-corrected chi connectivity index (χ2v) is 6.47. The highest BCUT2D eigenvalue weighted by atomic mass is 32.2. The van der Waals surface area contributed by atoms with Crippen LogP contribution in [0.5, 0.6) is 0 Å². The van der Waals surface area contributed by atoms with Crippen molar-refractivity contribution >= 4 is 10.0 Å². The van der Waals surface area contributed by atoms with Gasteiger partial charge in [-0.3, -0.25) is 9.67 Å². The van der Waals surface area contributed by atoms with E-state index in [1.54, 1.807) is 37.7 Å². The Morgan fingerprint density at radius 3 is 2.73 bits per heavy atom. The number of rotatable bonds is 5. The van der Waals surface area contributed by atoms with Crippen LogP contribution in [-0.2, 0) is 23.6 Å². The van der Waals surface area contributed by atoms with Crippen molar-refractivity contribution in [3.05, 3.63) is 54.7 Å². The van der Waals surface area contributed by atoms with E-state index in [0.29, 0.717) is 11.5 Å². The number of hydrogen-bond acceptors (Lipinski definition) is 5. The summed E-state index contributed by atoms with van der Waals surface area (Å²) in [6, 6.07) is 7.18. The Bertz CT molecular complexity index is 852. The molecule has 0 radical (unpaired) electrons. The van der Waals surface area contributed by atoms with Crippen LogP contribution in [0.2, 0.25) is 0 Å². The quantitative estimate of drug-likeness (QED) is 0.771. The molecular weight excluding hydrogens is 304 g/mol. The van der Waals surface area contributed by atoms with E-state index in [9.17, 15) is 8.42 Å². The van der Waals surface area contributed by atoms with E-state index in [0.717, 1.165) is 5.56 Å². The summed E-state index contributed by atoms with van der Waals surface area (Å²) in [6.45, 7) is 0.155. The molecule has 7 nitrogen and oxygen atoms in total. The zero-order valence-corrected chi connectivity index (χ0v) is 12.6. The number of aromatic nitrogens is 3. The van der Waals surface area contributed by atoms with Crippen LogP contribution in [0.15, 0.2) is 58.4 Å². The minimum absolute atomic E-state index is 0.134. The molecule has 3 aromatic heterocycles. The standard InChI is InChI=1S/C14H14N4O3S/c1-18-10-12(9-16-18)22(19,20)17-8-11-4-5-13(15-7-11)14-3-2-6-21-14/h2-7,9-10,17H,8H2,1H3. The fourth-order valence-corrected chi connectivity index (χ4v) is 2.90. The molecule has 0 saturated heterocycles. The number of sulfonamides is 1. The van der Waals surface area contributed by atoms with Crippen LogP contribution in [-0.4, -0.2) is 23.2 Å². The summed E-state index contributed by atoms with van der Waals surface area (Å²) in [4.78, 5) is 4.39. The summed E-state index contributed by atoms with van der Waals surface area (Å²) >= 11 is 0. The first kappa shape index (κ1) is 14.5. The molecule has 0 atom stereocenters. The third kappa shape index (κ3) is 3.07. The molecule has 8 heteroatoms. The van der Waals surface area contributed by atoms with Gasteiger partial charge in [-0.1, -0.05) is 6.07 Å². The van der Waals surface area contributed by atoms with Gasteiger partial charge < -0.3 is 4.42 Å². The lowest BCUT2D eigenvalue weighted by Gasteiger charge is -2.05. The van der Waals surface area contributed by atoms with Crippen molar-refractivity contribution in [2.75, 3.05) is 0 Å². The average molecular weight is 318 g/mol. The zero-order chi connectivity index (χ0) is 15.6. The molecule has 0 bridgehead atoms. The molecule has 0 saturated carbocycles. The lowest BCUT2D eigenvalue weighted by molar-refractivity contribution is 0.578. The summed E-state index contributed by atoms with van der Waals surface area (Å²) in [5.74, 6) is 0.669. The molecule has 0 spiro atoms. The van der Waals surface area contributed by atoms with Gasteiger partial charge in [-0.2, -0.15) is 5.10 Å². The third-order valence-corrected chi connectivity index (χ3v) is 4.41. The minimum Gasteiger partial charge on any atom is -0.463 e. The van der Waals surface area contributed by atoms with Crippen LogP contribution >= 0.6 is 0 Å². The Kier molecular flexibility index (Phi) is 3.78. The highest BCUT2D eigenvalue weighted by molar-refractivity contribution is 7.89. The van der Waals surface area contributed by atoms with Gasteiger partial charge in [-0.05, 0) is 23.8 Å². The maximum absolute atomic E-state index is 12.1. The van der Waals surface area contributed by atoms with Crippen molar-refractivity contribution < 1.29 is 12.8 Å². The van der Waals surface area contributed by atoms with Crippen LogP contribution in [0.1, 0.15) is 5.56 Å². The molecule has 0 aliphatic heterocycles. The van der Waals surface area contributed by atoms with Gasteiger partial charge in [-0.15, -0.1) is 0 Å². The van der Waals surface area contributed by atoms with Crippen LogP contribution in [0.25, 0.3) is 11.5 Å². The predicted octanol–water partition coefficient (Wildman–Crippen LogP) is 1.55. The van der Waals surface area contributed by atoms with Crippen molar-refractivity contribution in [1.82, 2.24) is 19.5 Å². The SMILES string of the molecule is Cn1cc(S(=O)(=O)NCc2ccc(-c3ccco3)nc2)cn1. The minimum atomic E-state index is -3.57. The summed E-state index contributed by atoms with van der Waals surface area (Å²) < 4.78 is 33.3. The Morgan fingerprint density at radius 2 is 2.14 bits per heavy atom. The molecule has 3 aromatic rings. The first-order valence-corrected chi connectivity index (χ1v) is 8.00.